The van der Waals surface area contributed by atoms with E-state index in [1.165, 1.54) is 32.1 Å². The first kappa shape index (κ1) is 51.6. The fourth-order valence-corrected chi connectivity index (χ4v) is 9.77. The smallest absolute Gasteiger partial charge is 0.316 e. The van der Waals surface area contributed by atoms with Crippen molar-refractivity contribution in [2.24, 2.45) is 28.8 Å². The minimum Gasteiger partial charge on any atom is -0.459 e. The predicted molar refractivity (Wildman–Crippen MR) is 242 cm³/mol. The summed E-state index contributed by atoms with van der Waals surface area (Å²) in [7, 11) is 3.49. The van der Waals surface area contributed by atoms with Gasteiger partial charge in [0, 0.05) is 69.6 Å². The number of carbonyl (C=O) groups excluding carboxylic acids is 2. The Morgan fingerprint density at radius 3 is 2.42 bits per heavy atom. The SMILES string of the molecule is CC[C@H]1OC(=O)[C@H](C)C(=O)[C@H](C)[C@@H](O[C@@H]2O[C@H](C)C[C@H](N(C)CCc3cn(CCCCc4ccc(C)cc4)nn3)[C@H]2O)[C@](C)(OC)C[C@@H](C)/C(=N\O[C@@H]2CCNC2)[C@H](C)[C@@H](O)[C@]1(C)O. The molecule has 0 bridgehead atoms. The van der Waals surface area contributed by atoms with E-state index in [9.17, 15) is 24.9 Å². The number of nitrogens with zero attached hydrogens (tertiary/aromatic N) is 5. The molecule has 2 aromatic rings. The Kier molecular flexibility index (Phi) is 18.5. The number of esters is 1. The van der Waals surface area contributed by atoms with E-state index in [4.69, 9.17) is 23.8 Å². The van der Waals surface area contributed by atoms with E-state index in [0.29, 0.717) is 31.6 Å². The number of methoxy groups -OCH3 is 1. The van der Waals surface area contributed by atoms with Gasteiger partial charge in [0.2, 0.25) is 0 Å². The van der Waals surface area contributed by atoms with E-state index in [0.717, 1.165) is 44.5 Å². The maximum absolute atomic E-state index is 14.4. The molecule has 16 nitrogen and oxygen atoms in total. The number of aryl methyl sites for hydroxylation is 3. The lowest BCUT2D eigenvalue weighted by Gasteiger charge is -2.47. The second-order valence-corrected chi connectivity index (χ2v) is 19.4. The second kappa shape index (κ2) is 22.9. The Hall–Kier alpha value is -3.35. The second-order valence-electron chi connectivity index (χ2n) is 19.4. The normalized spacial score (nSPS) is 36.6. The van der Waals surface area contributed by atoms with Crippen molar-refractivity contribution in [2.45, 2.75) is 180 Å². The minimum atomic E-state index is -1.90. The first-order valence-electron chi connectivity index (χ1n) is 23.6. The number of aliphatic hydroxyl groups excluding tert-OH is 2. The van der Waals surface area contributed by atoms with Crippen LogP contribution in [0.15, 0.2) is 35.6 Å². The standard InChI is InChI=1S/C48H78N6O10/c1-12-39-48(9,59)43(57)32(5)40(51-64-37-20-22-49-27-37)30(3)26-47(8,60-11)44(33(6)41(55)34(7)45(58)62-39)63-46-42(56)38(25-31(4)61-46)53(10)24-21-36-28-54(52-50-36)23-14-13-15-35-18-16-29(2)17-19-35/h16-19,28,30-34,37-39,42-44,46,49,56-57,59H,12-15,20-27H2,1-11H3/b51-40+/t30-,31-,32+,33+,34-,37-,38+,39-,42-,43-,44-,46+,47-,48-/m1/s1. The van der Waals surface area contributed by atoms with Gasteiger partial charge in [0.05, 0.1) is 35.3 Å². The highest BCUT2D eigenvalue weighted by molar-refractivity contribution is 6.00. The van der Waals surface area contributed by atoms with Crippen LogP contribution in [0, 0.1) is 30.6 Å². The molecule has 4 heterocycles. The third-order valence-electron chi connectivity index (χ3n) is 14.1. The number of nitrogens with one attached hydrogen (secondary N) is 1. The molecular weight excluding hydrogens is 821 g/mol. The van der Waals surface area contributed by atoms with Crippen LogP contribution in [0.25, 0.3) is 0 Å². The van der Waals surface area contributed by atoms with Gasteiger partial charge in [-0.2, -0.15) is 0 Å². The molecule has 3 aliphatic heterocycles. The van der Waals surface area contributed by atoms with Crippen molar-refractivity contribution in [3.63, 3.8) is 0 Å². The van der Waals surface area contributed by atoms with Crippen molar-refractivity contribution in [1.82, 2.24) is 25.2 Å². The van der Waals surface area contributed by atoms with E-state index in [2.05, 4.69) is 56.9 Å². The van der Waals surface area contributed by atoms with E-state index < -0.39 is 77.3 Å². The van der Waals surface area contributed by atoms with Gasteiger partial charge in [-0.25, -0.2) is 0 Å². The fourth-order valence-electron chi connectivity index (χ4n) is 9.77. The maximum Gasteiger partial charge on any atom is 0.316 e. The number of ketones is 1. The molecule has 0 saturated carbocycles. The maximum atomic E-state index is 14.4. The van der Waals surface area contributed by atoms with Crippen LogP contribution in [-0.2, 0) is 52.8 Å². The molecule has 360 valence electrons. The molecule has 5 rings (SSSR count). The van der Waals surface area contributed by atoms with Crippen LogP contribution in [-0.4, -0.2) is 147 Å². The summed E-state index contributed by atoms with van der Waals surface area (Å²) >= 11 is 0. The van der Waals surface area contributed by atoms with Crippen molar-refractivity contribution in [3.8, 4) is 0 Å². The minimum absolute atomic E-state index is 0.178. The highest BCUT2D eigenvalue weighted by atomic mass is 16.7. The molecule has 0 aliphatic carbocycles. The van der Waals surface area contributed by atoms with Crippen molar-refractivity contribution >= 4 is 17.5 Å². The topological polar surface area (TPSA) is 199 Å². The van der Waals surface area contributed by atoms with Crippen LogP contribution in [0.4, 0.5) is 0 Å². The van der Waals surface area contributed by atoms with Gasteiger partial charge in [-0.05, 0) is 92.3 Å². The Morgan fingerprint density at radius 2 is 1.77 bits per heavy atom. The number of aromatic nitrogens is 3. The molecule has 3 fully saturated rings. The zero-order valence-corrected chi connectivity index (χ0v) is 40.2. The van der Waals surface area contributed by atoms with Gasteiger partial charge in [-0.1, -0.05) is 67.9 Å². The number of cyclic esters (lactones) is 1. The lowest BCUT2D eigenvalue weighted by Crippen LogP contribution is -2.60. The van der Waals surface area contributed by atoms with Crippen LogP contribution in [0.5, 0.6) is 0 Å². The summed E-state index contributed by atoms with van der Waals surface area (Å²) in [6.45, 7) is 18.7. The lowest BCUT2D eigenvalue weighted by atomic mass is 9.74. The fraction of sp³-hybridized carbons (Fsp3) is 0.771. The largest absolute Gasteiger partial charge is 0.459 e. The number of ether oxygens (including phenoxy) is 4. The summed E-state index contributed by atoms with van der Waals surface area (Å²) in [6, 6.07) is 8.31. The molecule has 0 amide bonds. The first-order valence-corrected chi connectivity index (χ1v) is 23.6. The van der Waals surface area contributed by atoms with Gasteiger partial charge in [0.15, 0.2) is 12.1 Å². The number of oxime groups is 1. The van der Waals surface area contributed by atoms with Crippen molar-refractivity contribution in [1.29, 1.82) is 0 Å². The van der Waals surface area contributed by atoms with E-state index >= 15 is 0 Å². The highest BCUT2D eigenvalue weighted by Crippen LogP contribution is 2.39. The number of likely N-dealkylation sites (N-methyl/N-ethyl adjacent to an activating group) is 1. The summed E-state index contributed by atoms with van der Waals surface area (Å²) < 4.78 is 27.2. The molecular formula is C48H78N6O10. The molecule has 64 heavy (non-hydrogen) atoms. The quantitative estimate of drug-likeness (QED) is 0.0848. The molecule has 1 aromatic carbocycles. The Labute approximate surface area is 380 Å². The number of rotatable bonds is 15. The molecule has 0 unspecified atom stereocenters. The Morgan fingerprint density at radius 1 is 1.05 bits per heavy atom. The average Bonchev–Trinajstić information content (AvgIpc) is 3.97. The van der Waals surface area contributed by atoms with Crippen molar-refractivity contribution in [3.05, 3.63) is 47.3 Å². The monoisotopic (exact) mass is 899 g/mol. The van der Waals surface area contributed by atoms with Gasteiger partial charge in [0.25, 0.3) is 0 Å². The number of benzene rings is 1. The molecule has 4 N–H and O–H groups in total. The van der Waals surface area contributed by atoms with Crippen LogP contribution in [0.3, 0.4) is 0 Å². The summed E-state index contributed by atoms with van der Waals surface area (Å²) in [4.78, 5) is 36.3. The van der Waals surface area contributed by atoms with Gasteiger partial charge in [0.1, 0.15) is 29.8 Å². The predicted octanol–water partition coefficient (Wildman–Crippen LogP) is 4.42. The third kappa shape index (κ3) is 12.7. The zero-order valence-electron chi connectivity index (χ0n) is 40.2. The molecule has 16 heteroatoms. The summed E-state index contributed by atoms with van der Waals surface area (Å²) in [5.41, 5.74) is 0.789. The molecule has 14 atom stereocenters. The van der Waals surface area contributed by atoms with E-state index in [-0.39, 0.29) is 31.1 Å². The number of unbranched alkanes of at least 4 members (excludes halogenated alkanes) is 1. The average molecular weight is 899 g/mol. The van der Waals surface area contributed by atoms with E-state index in [1.54, 1.807) is 20.8 Å². The lowest BCUT2D eigenvalue weighted by molar-refractivity contribution is -0.295. The molecule has 3 saturated heterocycles. The van der Waals surface area contributed by atoms with Crippen molar-refractivity contribution in [2.75, 3.05) is 33.8 Å². The first-order chi connectivity index (χ1) is 30.3. The third-order valence-corrected chi connectivity index (χ3v) is 14.1. The van der Waals surface area contributed by atoms with Gasteiger partial charge >= 0.3 is 5.97 Å². The van der Waals surface area contributed by atoms with Gasteiger partial charge < -0.3 is 49.3 Å². The molecule has 1 aromatic heterocycles. The molecule has 0 spiro atoms. The van der Waals surface area contributed by atoms with Crippen molar-refractivity contribution < 1.29 is 48.7 Å². The summed E-state index contributed by atoms with van der Waals surface area (Å²) in [6.07, 6.45) is 1.01. The van der Waals surface area contributed by atoms with Crippen LogP contribution < -0.4 is 5.32 Å². The van der Waals surface area contributed by atoms with E-state index in [1.807, 2.05) is 38.7 Å². The number of Topliss-reactive ketones (excluding diaryl/α,β-unsaturated/α-hetero) is 1. The van der Waals surface area contributed by atoms with Crippen LogP contribution in [0.1, 0.15) is 111 Å². The number of hydrogen-bond acceptors (Lipinski definition) is 15. The van der Waals surface area contributed by atoms with Gasteiger partial charge in [-0.3, -0.25) is 14.3 Å². The van der Waals surface area contributed by atoms with Crippen LogP contribution in [0.2, 0.25) is 0 Å². The van der Waals surface area contributed by atoms with Gasteiger partial charge in [-0.15, -0.1) is 5.10 Å². The Balaban J connectivity index is 1.34. The highest BCUT2D eigenvalue weighted by Gasteiger charge is 2.52. The summed E-state index contributed by atoms with van der Waals surface area (Å²) in [5.74, 6) is -4.71. The van der Waals surface area contributed by atoms with Crippen LogP contribution >= 0.6 is 0 Å². The zero-order chi connectivity index (χ0) is 46.9. The number of carbonyl (C=O) groups is 2. The molecule has 0 radical (unpaired) electrons. The Bertz CT molecular complexity index is 1820. The number of aliphatic hydroxyl groups is 3. The number of hydrogen-bond donors (Lipinski definition) is 4. The molecule has 3 aliphatic rings. The summed E-state index contributed by atoms with van der Waals surface area (Å²) in [5, 5.41) is 52.4.